The number of carbonyl (C=O) groups excluding carboxylic acids is 1. The van der Waals surface area contributed by atoms with Gasteiger partial charge in [0.15, 0.2) is 0 Å². The monoisotopic (exact) mass is 324 g/mol. The number of amides is 1. The highest BCUT2D eigenvalue weighted by molar-refractivity contribution is 8.00. The smallest absolute Gasteiger partial charge is 0.292 e. The number of fused-ring (bicyclic) bond motifs is 1. The van der Waals surface area contributed by atoms with Gasteiger partial charge in [-0.15, -0.1) is 0 Å². The molecule has 2 atom stereocenters. The molecule has 0 aliphatic carbocycles. The van der Waals surface area contributed by atoms with Crippen molar-refractivity contribution in [3.63, 3.8) is 0 Å². The van der Waals surface area contributed by atoms with Crippen LogP contribution in [0.25, 0.3) is 0 Å². The van der Waals surface area contributed by atoms with Gasteiger partial charge >= 0.3 is 0 Å². The third-order valence-corrected chi connectivity index (χ3v) is 6.03. The maximum Gasteiger partial charge on any atom is 0.292 e. The van der Waals surface area contributed by atoms with Crippen molar-refractivity contribution in [2.45, 2.75) is 50.3 Å². The van der Waals surface area contributed by atoms with E-state index in [4.69, 9.17) is 9.26 Å². The highest BCUT2D eigenvalue weighted by atomic mass is 32.2. The average Bonchev–Trinajstić information content (AvgIpc) is 3.05. The maximum absolute atomic E-state index is 12.8. The summed E-state index contributed by atoms with van der Waals surface area (Å²) in [7, 11) is 0. The van der Waals surface area contributed by atoms with Crippen LogP contribution in [0.15, 0.2) is 10.6 Å². The first-order valence-corrected chi connectivity index (χ1v) is 9.26. The van der Waals surface area contributed by atoms with Gasteiger partial charge in [0, 0.05) is 42.2 Å². The Morgan fingerprint density at radius 1 is 1.50 bits per heavy atom. The van der Waals surface area contributed by atoms with Crippen LogP contribution >= 0.6 is 11.8 Å². The number of hydrogen-bond acceptors (Lipinski definition) is 5. The van der Waals surface area contributed by atoms with E-state index in [0.29, 0.717) is 16.9 Å². The van der Waals surface area contributed by atoms with E-state index in [1.807, 2.05) is 22.7 Å². The zero-order valence-electron chi connectivity index (χ0n) is 13.3. The Balaban J connectivity index is 1.75. The molecule has 0 spiro atoms. The van der Waals surface area contributed by atoms with Crippen LogP contribution in [0.4, 0.5) is 0 Å². The van der Waals surface area contributed by atoms with Crippen LogP contribution in [0.3, 0.4) is 0 Å². The lowest BCUT2D eigenvalue weighted by atomic mass is 9.99. The van der Waals surface area contributed by atoms with Crippen LogP contribution in [0, 0.1) is 0 Å². The van der Waals surface area contributed by atoms with Crippen LogP contribution in [0.1, 0.15) is 55.3 Å². The first-order chi connectivity index (χ1) is 10.7. The summed E-state index contributed by atoms with van der Waals surface area (Å²) in [6, 6.07) is 2.11. The molecule has 3 heterocycles. The maximum atomic E-state index is 12.8. The van der Waals surface area contributed by atoms with Gasteiger partial charge in [-0.25, -0.2) is 0 Å². The lowest BCUT2D eigenvalue weighted by molar-refractivity contribution is 0.0296. The molecular weight excluding hydrogens is 300 g/mol. The molecule has 0 saturated carbocycles. The molecule has 6 heteroatoms. The first-order valence-electron chi connectivity index (χ1n) is 8.21. The number of ether oxygens (including phenoxy) is 1. The van der Waals surface area contributed by atoms with Gasteiger partial charge in [0.25, 0.3) is 5.91 Å². The van der Waals surface area contributed by atoms with Gasteiger partial charge in [-0.3, -0.25) is 4.79 Å². The lowest BCUT2D eigenvalue weighted by Gasteiger charge is -2.42. The van der Waals surface area contributed by atoms with Crippen molar-refractivity contribution in [1.82, 2.24) is 10.1 Å². The number of hydrogen-bond donors (Lipinski definition) is 0. The van der Waals surface area contributed by atoms with Gasteiger partial charge in [0.05, 0.1) is 12.3 Å². The van der Waals surface area contributed by atoms with E-state index in [0.717, 1.165) is 50.5 Å². The molecule has 2 aliphatic rings. The van der Waals surface area contributed by atoms with E-state index in [-0.39, 0.29) is 11.9 Å². The summed E-state index contributed by atoms with van der Waals surface area (Å²) in [4.78, 5) is 14.8. The van der Waals surface area contributed by atoms with Crippen LogP contribution in [0.5, 0.6) is 0 Å². The average molecular weight is 324 g/mol. The summed E-state index contributed by atoms with van der Waals surface area (Å²) in [5.74, 6) is 1.71. The Hall–Kier alpha value is -1.01. The van der Waals surface area contributed by atoms with Crippen molar-refractivity contribution >= 4 is 17.7 Å². The molecule has 22 heavy (non-hydrogen) atoms. The standard InChI is InChI=1S/C16H24N2O3S/c1-3-11(4-2)12-9-14(21-17-12)16(19)18-6-8-22-15-10-20-7-5-13(15)18/h9,11,13,15H,3-8,10H2,1-2H3/t13-,15+/m0/s1. The summed E-state index contributed by atoms with van der Waals surface area (Å²) >= 11 is 1.92. The summed E-state index contributed by atoms with van der Waals surface area (Å²) in [5.41, 5.74) is 0.906. The van der Waals surface area contributed by atoms with Crippen molar-refractivity contribution in [1.29, 1.82) is 0 Å². The van der Waals surface area contributed by atoms with Crippen LogP contribution in [0.2, 0.25) is 0 Å². The SMILES string of the molecule is CCC(CC)c1cc(C(=O)N2CCS[C@@H]3COCC[C@@H]32)on1. The topological polar surface area (TPSA) is 55.6 Å². The minimum Gasteiger partial charge on any atom is -0.380 e. The zero-order valence-corrected chi connectivity index (χ0v) is 14.1. The normalized spacial score (nSPS) is 25.3. The zero-order chi connectivity index (χ0) is 15.5. The lowest BCUT2D eigenvalue weighted by Crippen LogP contribution is -2.54. The highest BCUT2D eigenvalue weighted by Gasteiger charge is 2.38. The predicted octanol–water partition coefficient (Wildman–Crippen LogP) is 2.92. The van der Waals surface area contributed by atoms with E-state index in [9.17, 15) is 4.79 Å². The molecule has 0 aromatic carbocycles. The number of aromatic nitrogens is 1. The summed E-state index contributed by atoms with van der Waals surface area (Å²) in [6.45, 7) is 6.54. The molecule has 0 bridgehead atoms. The van der Waals surface area contributed by atoms with Crippen LogP contribution in [-0.4, -0.2) is 52.8 Å². The minimum absolute atomic E-state index is 0.0121. The Kier molecular flexibility index (Phi) is 5.08. The van der Waals surface area contributed by atoms with E-state index in [2.05, 4.69) is 19.0 Å². The van der Waals surface area contributed by atoms with Crippen molar-refractivity contribution in [2.24, 2.45) is 0 Å². The van der Waals surface area contributed by atoms with Crippen molar-refractivity contribution in [2.75, 3.05) is 25.5 Å². The number of rotatable bonds is 4. The molecule has 0 unspecified atom stereocenters. The molecule has 0 radical (unpaired) electrons. The number of thioether (sulfide) groups is 1. The molecule has 2 aliphatic heterocycles. The Labute approximate surface area is 135 Å². The second kappa shape index (κ2) is 7.04. The summed E-state index contributed by atoms with van der Waals surface area (Å²) < 4.78 is 10.9. The fraction of sp³-hybridized carbons (Fsp3) is 0.750. The van der Waals surface area contributed by atoms with Gasteiger partial charge in [0.2, 0.25) is 5.76 Å². The quantitative estimate of drug-likeness (QED) is 0.852. The van der Waals surface area contributed by atoms with Crippen molar-refractivity contribution in [3.05, 3.63) is 17.5 Å². The second-order valence-electron chi connectivity index (χ2n) is 5.97. The van der Waals surface area contributed by atoms with Gasteiger partial charge in [-0.05, 0) is 19.3 Å². The fourth-order valence-corrected chi connectivity index (χ4v) is 4.67. The highest BCUT2D eigenvalue weighted by Crippen LogP contribution is 2.31. The largest absolute Gasteiger partial charge is 0.380 e. The summed E-state index contributed by atoms with van der Waals surface area (Å²) in [5, 5.41) is 4.52. The predicted molar refractivity (Wildman–Crippen MR) is 86.3 cm³/mol. The minimum atomic E-state index is -0.0121. The summed E-state index contributed by atoms with van der Waals surface area (Å²) in [6.07, 6.45) is 2.94. The van der Waals surface area contributed by atoms with Gasteiger partial charge in [0.1, 0.15) is 0 Å². The van der Waals surface area contributed by atoms with Crippen LogP contribution in [-0.2, 0) is 4.74 Å². The molecule has 122 valence electrons. The molecule has 1 aromatic rings. The Bertz CT molecular complexity index is 513. The van der Waals surface area contributed by atoms with Crippen molar-refractivity contribution in [3.8, 4) is 0 Å². The fourth-order valence-electron chi connectivity index (χ4n) is 3.37. The van der Waals surface area contributed by atoms with E-state index < -0.39 is 0 Å². The molecule has 1 aromatic heterocycles. The number of nitrogens with zero attached hydrogens (tertiary/aromatic N) is 2. The van der Waals surface area contributed by atoms with Gasteiger partial charge in [-0.2, -0.15) is 11.8 Å². The Morgan fingerprint density at radius 3 is 3.09 bits per heavy atom. The van der Waals surface area contributed by atoms with E-state index in [1.54, 1.807) is 0 Å². The van der Waals surface area contributed by atoms with Gasteiger partial charge in [-0.1, -0.05) is 19.0 Å². The Morgan fingerprint density at radius 2 is 2.32 bits per heavy atom. The van der Waals surface area contributed by atoms with Crippen molar-refractivity contribution < 1.29 is 14.1 Å². The third-order valence-electron chi connectivity index (χ3n) is 4.74. The van der Waals surface area contributed by atoms with E-state index >= 15 is 0 Å². The van der Waals surface area contributed by atoms with Gasteiger partial charge < -0.3 is 14.2 Å². The second-order valence-corrected chi connectivity index (χ2v) is 7.32. The molecule has 1 amide bonds. The molecule has 2 saturated heterocycles. The molecule has 5 nitrogen and oxygen atoms in total. The molecule has 2 fully saturated rings. The first kappa shape index (κ1) is 15.9. The molecular formula is C16H24N2O3S. The third kappa shape index (κ3) is 3.04. The van der Waals surface area contributed by atoms with E-state index in [1.165, 1.54) is 0 Å². The van der Waals surface area contributed by atoms with Crippen LogP contribution < -0.4 is 0 Å². The molecule has 0 N–H and O–H groups in total. The number of carbonyl (C=O) groups is 1. The molecule has 3 rings (SSSR count).